The van der Waals surface area contributed by atoms with Gasteiger partial charge in [0.1, 0.15) is 6.07 Å². The molecule has 19 heavy (non-hydrogen) atoms. The Bertz CT molecular complexity index is 678. The topological polar surface area (TPSA) is 35.8 Å². The smallest absolute Gasteiger partial charge is 0.101 e. The summed E-state index contributed by atoms with van der Waals surface area (Å²) < 4.78 is 1.77. The van der Waals surface area contributed by atoms with Crippen LogP contribution in [0.4, 0.5) is 11.4 Å². The van der Waals surface area contributed by atoms with Crippen molar-refractivity contribution in [3.8, 4) is 6.07 Å². The summed E-state index contributed by atoms with van der Waals surface area (Å²) in [5, 5.41) is 13.0. The van der Waals surface area contributed by atoms with E-state index in [1.54, 1.807) is 6.07 Å². The average Bonchev–Trinajstić information content (AvgIpc) is 2.37. The third kappa shape index (κ3) is 3.30. The summed E-state index contributed by atoms with van der Waals surface area (Å²) in [5.74, 6) is 0. The first-order valence-electron chi connectivity index (χ1n) is 5.43. The van der Waals surface area contributed by atoms with Crippen molar-refractivity contribution >= 4 is 54.8 Å². The second-order valence-corrected chi connectivity index (χ2v) is 6.19. The molecule has 1 N–H and O–H groups in total. The van der Waals surface area contributed by atoms with Crippen LogP contribution in [0.15, 0.2) is 39.3 Å². The van der Waals surface area contributed by atoms with Crippen molar-refractivity contribution in [2.24, 2.45) is 0 Å². The Morgan fingerprint density at radius 2 is 1.89 bits per heavy atom. The van der Waals surface area contributed by atoms with Crippen LogP contribution in [0.25, 0.3) is 0 Å². The van der Waals surface area contributed by atoms with Gasteiger partial charge >= 0.3 is 0 Å². The molecule has 0 heterocycles. The third-order valence-electron chi connectivity index (χ3n) is 2.62. The molecule has 0 aliphatic heterocycles. The molecular weight excluding hydrogens is 391 g/mol. The van der Waals surface area contributed by atoms with E-state index in [4.69, 9.17) is 16.9 Å². The molecule has 2 aromatic carbocycles. The number of benzene rings is 2. The molecule has 0 unspecified atom stereocenters. The first kappa shape index (κ1) is 14.4. The Kier molecular flexibility index (Phi) is 4.51. The number of anilines is 2. The number of halogens is 3. The van der Waals surface area contributed by atoms with Crippen molar-refractivity contribution in [2.45, 2.75) is 6.92 Å². The number of nitrogens with one attached hydrogen (secondary N) is 1. The standard InChI is InChI=1S/C14H9Br2ClN2/c1-8-4-11(16)14(6-12(8)17)19-13-3-2-10(15)5-9(13)7-18/h2-6,19H,1H3. The molecule has 2 rings (SSSR count). The summed E-state index contributed by atoms with van der Waals surface area (Å²) in [7, 11) is 0. The van der Waals surface area contributed by atoms with Gasteiger partial charge in [-0.15, -0.1) is 0 Å². The van der Waals surface area contributed by atoms with Crippen LogP contribution < -0.4 is 5.32 Å². The van der Waals surface area contributed by atoms with Crippen molar-refractivity contribution in [3.05, 3.63) is 55.4 Å². The molecule has 0 spiro atoms. The van der Waals surface area contributed by atoms with E-state index in [0.29, 0.717) is 10.6 Å². The number of rotatable bonds is 2. The predicted molar refractivity (Wildman–Crippen MR) is 86.0 cm³/mol. The molecule has 0 radical (unpaired) electrons. The highest BCUT2D eigenvalue weighted by molar-refractivity contribution is 9.10. The molecule has 0 saturated heterocycles. The lowest BCUT2D eigenvalue weighted by Gasteiger charge is -2.12. The molecule has 0 fully saturated rings. The maximum absolute atomic E-state index is 9.14. The normalized spacial score (nSPS) is 10.1. The second kappa shape index (κ2) is 5.96. The predicted octanol–water partition coefficient (Wildman–Crippen LogP) is 5.79. The highest BCUT2D eigenvalue weighted by Gasteiger charge is 2.08. The fraction of sp³-hybridized carbons (Fsp3) is 0.0714. The van der Waals surface area contributed by atoms with Gasteiger partial charge in [-0.25, -0.2) is 0 Å². The highest BCUT2D eigenvalue weighted by Crippen LogP contribution is 2.32. The van der Waals surface area contributed by atoms with Gasteiger partial charge in [-0.1, -0.05) is 27.5 Å². The Hall–Kier alpha value is -1.02. The third-order valence-corrected chi connectivity index (χ3v) is 4.18. The molecule has 0 amide bonds. The minimum absolute atomic E-state index is 0.568. The summed E-state index contributed by atoms with van der Waals surface area (Å²) in [4.78, 5) is 0. The van der Waals surface area contributed by atoms with Crippen molar-refractivity contribution in [2.75, 3.05) is 5.32 Å². The minimum atomic E-state index is 0.568. The van der Waals surface area contributed by atoms with E-state index in [0.717, 1.165) is 25.9 Å². The van der Waals surface area contributed by atoms with Crippen molar-refractivity contribution in [1.29, 1.82) is 5.26 Å². The maximum Gasteiger partial charge on any atom is 0.101 e. The number of nitrogens with zero attached hydrogens (tertiary/aromatic N) is 1. The Morgan fingerprint density at radius 1 is 1.16 bits per heavy atom. The van der Waals surface area contributed by atoms with E-state index in [-0.39, 0.29) is 0 Å². The zero-order chi connectivity index (χ0) is 14.0. The van der Waals surface area contributed by atoms with Gasteiger partial charge in [0.15, 0.2) is 0 Å². The van der Waals surface area contributed by atoms with Gasteiger partial charge in [0, 0.05) is 14.0 Å². The molecule has 5 heteroatoms. The van der Waals surface area contributed by atoms with Crippen molar-refractivity contribution < 1.29 is 0 Å². The molecule has 2 nitrogen and oxygen atoms in total. The van der Waals surface area contributed by atoms with Crippen LogP contribution in [0.5, 0.6) is 0 Å². The van der Waals surface area contributed by atoms with Gasteiger partial charge in [0.25, 0.3) is 0 Å². The first-order chi connectivity index (χ1) is 9.01. The zero-order valence-electron chi connectivity index (χ0n) is 9.97. The summed E-state index contributed by atoms with van der Waals surface area (Å²) in [6.45, 7) is 1.94. The van der Waals surface area contributed by atoms with E-state index in [9.17, 15) is 0 Å². The Labute approximate surface area is 133 Å². The molecular formula is C14H9Br2ClN2. The Balaban J connectivity index is 2.42. The van der Waals surface area contributed by atoms with Crippen LogP contribution in [0.1, 0.15) is 11.1 Å². The molecule has 0 aromatic heterocycles. The maximum atomic E-state index is 9.14. The average molecular weight is 401 g/mol. The summed E-state index contributed by atoms with van der Waals surface area (Å²) >= 11 is 13.0. The van der Waals surface area contributed by atoms with E-state index < -0.39 is 0 Å². The lowest BCUT2D eigenvalue weighted by molar-refractivity contribution is 1.41. The molecule has 96 valence electrons. The van der Waals surface area contributed by atoms with Gasteiger partial charge in [-0.05, 0) is 58.7 Å². The van der Waals surface area contributed by atoms with Crippen LogP contribution in [0, 0.1) is 18.3 Å². The van der Waals surface area contributed by atoms with Crippen LogP contribution in [-0.2, 0) is 0 Å². The second-order valence-electron chi connectivity index (χ2n) is 4.01. The van der Waals surface area contributed by atoms with Crippen molar-refractivity contribution in [3.63, 3.8) is 0 Å². The van der Waals surface area contributed by atoms with Gasteiger partial charge in [-0.3, -0.25) is 0 Å². The highest BCUT2D eigenvalue weighted by atomic mass is 79.9. The Morgan fingerprint density at radius 3 is 2.58 bits per heavy atom. The lowest BCUT2D eigenvalue weighted by Crippen LogP contribution is -1.95. The first-order valence-corrected chi connectivity index (χ1v) is 7.40. The zero-order valence-corrected chi connectivity index (χ0v) is 13.9. The largest absolute Gasteiger partial charge is 0.353 e. The number of hydrogen-bond donors (Lipinski definition) is 1. The molecule has 0 aliphatic carbocycles. The summed E-state index contributed by atoms with van der Waals surface area (Å²) in [5.41, 5.74) is 3.13. The fourth-order valence-electron chi connectivity index (χ4n) is 1.61. The molecule has 0 saturated carbocycles. The van der Waals surface area contributed by atoms with Gasteiger partial charge in [0.2, 0.25) is 0 Å². The van der Waals surface area contributed by atoms with Crippen LogP contribution in [-0.4, -0.2) is 0 Å². The number of nitriles is 1. The van der Waals surface area contributed by atoms with E-state index in [2.05, 4.69) is 43.2 Å². The summed E-state index contributed by atoms with van der Waals surface area (Å²) in [6, 6.07) is 11.4. The van der Waals surface area contributed by atoms with Gasteiger partial charge in [0.05, 0.1) is 16.9 Å². The lowest BCUT2D eigenvalue weighted by atomic mass is 10.1. The fourth-order valence-corrected chi connectivity index (χ4v) is 2.69. The SMILES string of the molecule is Cc1cc(Br)c(Nc2ccc(Br)cc2C#N)cc1Cl. The van der Waals surface area contributed by atoms with Crippen LogP contribution in [0.3, 0.4) is 0 Å². The molecule has 2 aromatic rings. The molecule has 0 atom stereocenters. The van der Waals surface area contributed by atoms with Gasteiger partial charge in [-0.2, -0.15) is 5.26 Å². The minimum Gasteiger partial charge on any atom is -0.353 e. The van der Waals surface area contributed by atoms with E-state index >= 15 is 0 Å². The van der Waals surface area contributed by atoms with E-state index in [1.165, 1.54) is 0 Å². The monoisotopic (exact) mass is 398 g/mol. The van der Waals surface area contributed by atoms with Crippen LogP contribution >= 0.6 is 43.5 Å². The van der Waals surface area contributed by atoms with Crippen LogP contribution in [0.2, 0.25) is 5.02 Å². The summed E-state index contributed by atoms with van der Waals surface area (Å²) in [6.07, 6.45) is 0. The quantitative estimate of drug-likeness (QED) is 0.693. The number of aryl methyl sites for hydroxylation is 1. The number of hydrogen-bond acceptors (Lipinski definition) is 2. The van der Waals surface area contributed by atoms with E-state index in [1.807, 2.05) is 31.2 Å². The van der Waals surface area contributed by atoms with Crippen molar-refractivity contribution in [1.82, 2.24) is 0 Å². The molecule has 0 aliphatic rings. The van der Waals surface area contributed by atoms with Gasteiger partial charge < -0.3 is 5.32 Å². The molecule has 0 bridgehead atoms.